The number of rotatable bonds is 1. The number of benzene rings is 1. The summed E-state index contributed by atoms with van der Waals surface area (Å²) in [6.07, 6.45) is 5.38. The highest BCUT2D eigenvalue weighted by Crippen LogP contribution is 2.32. The zero-order valence-corrected chi connectivity index (χ0v) is 7.65. The second-order valence-electron chi connectivity index (χ2n) is 3.35. The van der Waals surface area contributed by atoms with Crippen LogP contribution in [0.15, 0.2) is 48.3 Å². The van der Waals surface area contributed by atoms with Crippen molar-refractivity contribution in [1.29, 1.82) is 0 Å². The fourth-order valence-electron chi connectivity index (χ4n) is 1.63. The number of allylic oxidation sites excluding steroid dienone is 4. The Bertz CT molecular complexity index is 393. The van der Waals surface area contributed by atoms with Gasteiger partial charge in [0.05, 0.1) is 0 Å². The summed E-state index contributed by atoms with van der Waals surface area (Å²) in [6.45, 7) is 0. The fourth-order valence-corrected chi connectivity index (χ4v) is 1.63. The van der Waals surface area contributed by atoms with Gasteiger partial charge in [0.2, 0.25) is 0 Å². The molecule has 1 aromatic rings. The standard InChI is InChI=1S/C12H11FO/c13-10-7-5-9(6-8-10)11-3-1-2-4-12(11)14/h1-5,7-9,14H,6H2. The first kappa shape index (κ1) is 9.00. The molecule has 0 bridgehead atoms. The highest BCUT2D eigenvalue weighted by molar-refractivity contribution is 5.39. The van der Waals surface area contributed by atoms with Crippen molar-refractivity contribution in [2.24, 2.45) is 0 Å². The molecule has 1 aliphatic rings. The van der Waals surface area contributed by atoms with Crippen molar-refractivity contribution >= 4 is 0 Å². The van der Waals surface area contributed by atoms with Crippen molar-refractivity contribution in [3.05, 3.63) is 53.9 Å². The first-order valence-electron chi connectivity index (χ1n) is 4.59. The third-order valence-electron chi connectivity index (χ3n) is 2.39. The number of phenols is 1. The van der Waals surface area contributed by atoms with Gasteiger partial charge in [0.25, 0.3) is 0 Å². The molecule has 1 aliphatic carbocycles. The molecule has 0 radical (unpaired) electrons. The van der Waals surface area contributed by atoms with Crippen molar-refractivity contribution in [3.8, 4) is 5.75 Å². The van der Waals surface area contributed by atoms with E-state index in [-0.39, 0.29) is 17.5 Å². The Morgan fingerprint density at radius 3 is 2.71 bits per heavy atom. The summed E-state index contributed by atoms with van der Waals surface area (Å²) in [5.41, 5.74) is 0.854. The van der Waals surface area contributed by atoms with E-state index in [9.17, 15) is 9.50 Å². The number of aromatic hydroxyl groups is 1. The van der Waals surface area contributed by atoms with E-state index in [1.807, 2.05) is 12.1 Å². The summed E-state index contributed by atoms with van der Waals surface area (Å²) in [7, 11) is 0. The summed E-state index contributed by atoms with van der Waals surface area (Å²) in [5, 5.41) is 9.58. The predicted octanol–water partition coefficient (Wildman–Crippen LogP) is 3.29. The number of phenolic OH excluding ortho intramolecular Hbond substituents is 1. The zero-order chi connectivity index (χ0) is 9.97. The lowest BCUT2D eigenvalue weighted by atomic mass is 9.92. The highest BCUT2D eigenvalue weighted by Gasteiger charge is 2.13. The van der Waals surface area contributed by atoms with Crippen LogP contribution in [0.1, 0.15) is 17.9 Å². The van der Waals surface area contributed by atoms with Gasteiger partial charge in [-0.15, -0.1) is 0 Å². The monoisotopic (exact) mass is 190 g/mol. The molecule has 1 nitrogen and oxygen atoms in total. The van der Waals surface area contributed by atoms with Crippen molar-refractivity contribution in [3.63, 3.8) is 0 Å². The summed E-state index contributed by atoms with van der Waals surface area (Å²) in [6, 6.07) is 7.17. The molecule has 0 aromatic heterocycles. The Morgan fingerprint density at radius 1 is 1.29 bits per heavy atom. The zero-order valence-electron chi connectivity index (χ0n) is 7.65. The molecular formula is C12H11FO. The average molecular weight is 190 g/mol. The molecular weight excluding hydrogens is 179 g/mol. The fraction of sp³-hybridized carbons (Fsp3) is 0.167. The van der Waals surface area contributed by atoms with E-state index < -0.39 is 0 Å². The van der Waals surface area contributed by atoms with E-state index in [2.05, 4.69) is 0 Å². The Morgan fingerprint density at radius 2 is 2.07 bits per heavy atom. The van der Waals surface area contributed by atoms with Crippen LogP contribution in [-0.4, -0.2) is 5.11 Å². The second-order valence-corrected chi connectivity index (χ2v) is 3.35. The molecule has 0 spiro atoms. The third-order valence-corrected chi connectivity index (χ3v) is 2.39. The van der Waals surface area contributed by atoms with Gasteiger partial charge in [-0.25, -0.2) is 4.39 Å². The van der Waals surface area contributed by atoms with Gasteiger partial charge in [-0.1, -0.05) is 24.3 Å². The van der Waals surface area contributed by atoms with E-state index in [0.717, 1.165) is 5.56 Å². The molecule has 0 saturated carbocycles. The van der Waals surface area contributed by atoms with Crippen LogP contribution in [0.2, 0.25) is 0 Å². The summed E-state index contributed by atoms with van der Waals surface area (Å²) >= 11 is 0. The molecule has 0 saturated heterocycles. The van der Waals surface area contributed by atoms with Crippen molar-refractivity contribution in [2.75, 3.05) is 0 Å². The smallest absolute Gasteiger partial charge is 0.119 e. The lowest BCUT2D eigenvalue weighted by molar-refractivity contribution is 0.465. The third kappa shape index (κ3) is 1.69. The lowest BCUT2D eigenvalue weighted by Crippen LogP contribution is -1.97. The van der Waals surface area contributed by atoms with Crippen LogP contribution in [0.25, 0.3) is 0 Å². The molecule has 0 fully saturated rings. The van der Waals surface area contributed by atoms with E-state index in [1.165, 1.54) is 12.2 Å². The SMILES string of the molecule is Oc1ccccc1C1C=CC(F)=CC1. The Hall–Kier alpha value is -1.57. The lowest BCUT2D eigenvalue weighted by Gasteiger charge is -2.15. The quantitative estimate of drug-likeness (QED) is 0.720. The van der Waals surface area contributed by atoms with Gasteiger partial charge < -0.3 is 5.11 Å². The largest absolute Gasteiger partial charge is 0.508 e. The van der Waals surface area contributed by atoms with Crippen LogP contribution < -0.4 is 0 Å². The van der Waals surface area contributed by atoms with Crippen molar-refractivity contribution in [2.45, 2.75) is 12.3 Å². The molecule has 1 N–H and O–H groups in total. The minimum absolute atomic E-state index is 0.0932. The molecule has 72 valence electrons. The maximum atomic E-state index is 12.7. The second kappa shape index (κ2) is 3.66. The highest BCUT2D eigenvalue weighted by atomic mass is 19.1. The van der Waals surface area contributed by atoms with Crippen molar-refractivity contribution in [1.82, 2.24) is 0 Å². The topological polar surface area (TPSA) is 20.2 Å². The Kier molecular flexibility index (Phi) is 2.35. The molecule has 1 atom stereocenters. The summed E-state index contributed by atoms with van der Waals surface area (Å²) < 4.78 is 12.7. The van der Waals surface area contributed by atoms with Gasteiger partial charge in [-0.2, -0.15) is 0 Å². The first-order chi connectivity index (χ1) is 6.77. The summed E-state index contributed by atoms with van der Waals surface area (Å²) in [4.78, 5) is 0. The Balaban J connectivity index is 2.26. The minimum atomic E-state index is -0.198. The van der Waals surface area contributed by atoms with Gasteiger partial charge in [0.1, 0.15) is 11.6 Å². The van der Waals surface area contributed by atoms with E-state index in [4.69, 9.17) is 0 Å². The minimum Gasteiger partial charge on any atom is -0.508 e. The van der Waals surface area contributed by atoms with E-state index in [1.54, 1.807) is 18.2 Å². The van der Waals surface area contributed by atoms with Gasteiger partial charge in [-0.05, 0) is 24.6 Å². The van der Waals surface area contributed by atoms with Crippen LogP contribution in [0.4, 0.5) is 4.39 Å². The normalized spacial score (nSPS) is 20.6. The molecule has 2 heteroatoms. The molecule has 14 heavy (non-hydrogen) atoms. The number of hydrogen-bond donors (Lipinski definition) is 1. The number of halogens is 1. The van der Waals surface area contributed by atoms with Gasteiger partial charge in [0, 0.05) is 11.5 Å². The van der Waals surface area contributed by atoms with Crippen molar-refractivity contribution < 1.29 is 9.50 Å². The van der Waals surface area contributed by atoms with Crippen LogP contribution >= 0.6 is 0 Å². The van der Waals surface area contributed by atoms with Crippen LogP contribution in [0.5, 0.6) is 5.75 Å². The van der Waals surface area contributed by atoms with E-state index in [0.29, 0.717) is 6.42 Å². The number of para-hydroxylation sites is 1. The predicted molar refractivity (Wildman–Crippen MR) is 53.8 cm³/mol. The van der Waals surface area contributed by atoms with Crippen LogP contribution in [0, 0.1) is 0 Å². The molecule has 0 heterocycles. The maximum Gasteiger partial charge on any atom is 0.119 e. The molecule has 1 unspecified atom stereocenters. The van der Waals surface area contributed by atoms with Gasteiger partial charge in [0.15, 0.2) is 0 Å². The van der Waals surface area contributed by atoms with E-state index >= 15 is 0 Å². The summed E-state index contributed by atoms with van der Waals surface area (Å²) in [5.74, 6) is 0.172. The van der Waals surface area contributed by atoms with Crippen LogP contribution in [-0.2, 0) is 0 Å². The first-order valence-corrected chi connectivity index (χ1v) is 4.59. The molecule has 0 amide bonds. The van der Waals surface area contributed by atoms with Crippen LogP contribution in [0.3, 0.4) is 0 Å². The number of hydrogen-bond acceptors (Lipinski definition) is 1. The molecule has 1 aromatic carbocycles. The maximum absolute atomic E-state index is 12.7. The Labute approximate surface area is 82.2 Å². The van der Waals surface area contributed by atoms with Gasteiger partial charge in [-0.3, -0.25) is 0 Å². The molecule has 0 aliphatic heterocycles. The molecule has 2 rings (SSSR count). The van der Waals surface area contributed by atoms with Gasteiger partial charge >= 0.3 is 0 Å². The average Bonchev–Trinajstić information content (AvgIpc) is 2.20.